The van der Waals surface area contributed by atoms with Gasteiger partial charge in [-0.2, -0.15) is 0 Å². The Morgan fingerprint density at radius 3 is 2.58 bits per heavy atom. The molecule has 0 aliphatic heterocycles. The van der Waals surface area contributed by atoms with Gasteiger partial charge in [-0.25, -0.2) is 0 Å². The van der Waals surface area contributed by atoms with Crippen LogP contribution in [0.4, 0.5) is 5.69 Å². The maximum atomic E-state index is 11.9. The third kappa shape index (κ3) is 5.68. The van der Waals surface area contributed by atoms with Crippen molar-refractivity contribution in [3.63, 3.8) is 0 Å². The van der Waals surface area contributed by atoms with E-state index < -0.39 is 0 Å². The maximum absolute atomic E-state index is 11.9. The molecule has 3 N–H and O–H groups in total. The number of rotatable bonds is 7. The summed E-state index contributed by atoms with van der Waals surface area (Å²) < 4.78 is 6.33. The molecule has 0 unspecified atom stereocenters. The van der Waals surface area contributed by atoms with Crippen LogP contribution in [0.15, 0.2) is 53.0 Å². The molecule has 0 saturated heterocycles. The first-order valence-electron chi connectivity index (χ1n) is 7.26. The number of hydrogen-bond donors (Lipinski definition) is 3. The Bertz CT molecular complexity index is 704. The number of carbonyl (C=O) groups excluding carboxylic acids is 2. The zero-order valence-corrected chi connectivity index (χ0v) is 14.4. The number of hydrogen-bond acceptors (Lipinski definition) is 4. The number of amides is 2. The molecule has 2 amide bonds. The molecular formula is C17H17BrN2O4. The van der Waals surface area contributed by atoms with Gasteiger partial charge in [-0.15, -0.1) is 0 Å². The Labute approximate surface area is 148 Å². The zero-order chi connectivity index (χ0) is 17.4. The van der Waals surface area contributed by atoms with Gasteiger partial charge < -0.3 is 20.5 Å². The van der Waals surface area contributed by atoms with Crippen molar-refractivity contribution in [2.45, 2.75) is 0 Å². The second-order valence-electron chi connectivity index (χ2n) is 4.85. The average molecular weight is 393 g/mol. The molecule has 2 aromatic carbocycles. The fraction of sp³-hybridized carbons (Fsp3) is 0.176. The molecule has 0 aliphatic rings. The molecule has 0 radical (unpaired) electrons. The van der Waals surface area contributed by atoms with E-state index in [1.165, 1.54) is 0 Å². The Morgan fingerprint density at radius 1 is 1.12 bits per heavy atom. The molecule has 0 aliphatic carbocycles. The van der Waals surface area contributed by atoms with Crippen molar-refractivity contribution in [3.05, 3.63) is 58.6 Å². The maximum Gasteiger partial charge on any atom is 0.262 e. The van der Waals surface area contributed by atoms with Crippen LogP contribution >= 0.6 is 15.9 Å². The number of nitrogens with one attached hydrogen (secondary N) is 2. The summed E-state index contributed by atoms with van der Waals surface area (Å²) in [6, 6.07) is 13.7. The summed E-state index contributed by atoms with van der Waals surface area (Å²) in [7, 11) is 0. The molecule has 0 heterocycles. The zero-order valence-electron chi connectivity index (χ0n) is 12.8. The van der Waals surface area contributed by atoms with Gasteiger partial charge in [0.1, 0.15) is 5.75 Å². The van der Waals surface area contributed by atoms with Crippen LogP contribution < -0.4 is 15.4 Å². The highest BCUT2D eigenvalue weighted by atomic mass is 79.9. The van der Waals surface area contributed by atoms with E-state index in [1.807, 2.05) is 12.1 Å². The summed E-state index contributed by atoms with van der Waals surface area (Å²) in [6.07, 6.45) is 0. The quantitative estimate of drug-likeness (QED) is 0.673. The Hall–Kier alpha value is -2.38. The molecule has 0 spiro atoms. The van der Waals surface area contributed by atoms with Crippen LogP contribution in [0.2, 0.25) is 0 Å². The topological polar surface area (TPSA) is 87.7 Å². The highest BCUT2D eigenvalue weighted by Gasteiger charge is 2.08. The predicted molar refractivity (Wildman–Crippen MR) is 94.1 cm³/mol. The Balaban J connectivity index is 1.88. The van der Waals surface area contributed by atoms with Gasteiger partial charge in [-0.05, 0) is 42.5 Å². The van der Waals surface area contributed by atoms with E-state index in [0.717, 1.165) is 4.47 Å². The fourth-order valence-corrected chi connectivity index (χ4v) is 2.14. The summed E-state index contributed by atoms with van der Waals surface area (Å²) in [5, 5.41) is 14.0. The number of halogens is 1. The molecule has 7 heteroatoms. The van der Waals surface area contributed by atoms with E-state index in [0.29, 0.717) is 17.0 Å². The summed E-state index contributed by atoms with van der Waals surface area (Å²) >= 11 is 3.32. The smallest absolute Gasteiger partial charge is 0.262 e. The summed E-state index contributed by atoms with van der Waals surface area (Å²) in [5.74, 6) is -0.195. The van der Waals surface area contributed by atoms with Crippen molar-refractivity contribution in [3.8, 4) is 5.75 Å². The minimum absolute atomic E-state index is 0.127. The second kappa shape index (κ2) is 9.05. The van der Waals surface area contributed by atoms with Crippen LogP contribution in [0.5, 0.6) is 5.75 Å². The molecule has 0 saturated carbocycles. The monoisotopic (exact) mass is 392 g/mol. The van der Waals surface area contributed by atoms with Crippen molar-refractivity contribution < 1.29 is 19.4 Å². The van der Waals surface area contributed by atoms with E-state index in [9.17, 15) is 9.59 Å². The van der Waals surface area contributed by atoms with Crippen LogP contribution in [0, 0.1) is 0 Å². The molecule has 2 aromatic rings. The van der Waals surface area contributed by atoms with Gasteiger partial charge in [0.15, 0.2) is 6.61 Å². The van der Waals surface area contributed by atoms with Crippen molar-refractivity contribution >= 4 is 33.4 Å². The van der Waals surface area contributed by atoms with Gasteiger partial charge in [-0.1, -0.05) is 22.0 Å². The van der Waals surface area contributed by atoms with Crippen LogP contribution in [-0.4, -0.2) is 36.7 Å². The highest BCUT2D eigenvalue weighted by Crippen LogP contribution is 2.15. The summed E-state index contributed by atoms with van der Waals surface area (Å²) in [6.45, 7) is -0.116. The van der Waals surface area contributed by atoms with E-state index in [4.69, 9.17) is 9.84 Å². The first-order chi connectivity index (χ1) is 11.6. The van der Waals surface area contributed by atoms with E-state index >= 15 is 0 Å². The standard InChI is InChI=1S/C17H17BrN2O4/c18-13-4-6-14(7-5-13)20-16(22)11-24-15-3-1-2-12(10-15)17(23)19-8-9-21/h1-7,10,21H,8-9,11H2,(H,19,23)(H,20,22). The Kier molecular flexibility index (Phi) is 6.77. The van der Waals surface area contributed by atoms with Crippen LogP contribution in [0.1, 0.15) is 10.4 Å². The van der Waals surface area contributed by atoms with Gasteiger partial charge in [0.05, 0.1) is 6.61 Å². The largest absolute Gasteiger partial charge is 0.484 e. The third-order valence-electron chi connectivity index (χ3n) is 2.99. The third-order valence-corrected chi connectivity index (χ3v) is 3.52. The first kappa shape index (κ1) is 18.0. The van der Waals surface area contributed by atoms with Gasteiger partial charge in [-0.3, -0.25) is 9.59 Å². The van der Waals surface area contributed by atoms with Gasteiger partial charge in [0.25, 0.3) is 11.8 Å². The lowest BCUT2D eigenvalue weighted by molar-refractivity contribution is -0.118. The van der Waals surface area contributed by atoms with Gasteiger partial charge >= 0.3 is 0 Å². The lowest BCUT2D eigenvalue weighted by Crippen LogP contribution is -2.26. The van der Waals surface area contributed by atoms with Crippen LogP contribution in [0.25, 0.3) is 0 Å². The first-order valence-corrected chi connectivity index (χ1v) is 8.05. The lowest BCUT2D eigenvalue weighted by atomic mass is 10.2. The molecule has 126 valence electrons. The van der Waals surface area contributed by atoms with E-state index in [-0.39, 0.29) is 31.6 Å². The van der Waals surface area contributed by atoms with Crippen molar-refractivity contribution in [1.29, 1.82) is 0 Å². The van der Waals surface area contributed by atoms with Crippen LogP contribution in [0.3, 0.4) is 0 Å². The number of aliphatic hydroxyl groups is 1. The molecule has 24 heavy (non-hydrogen) atoms. The number of ether oxygens (including phenoxy) is 1. The van der Waals surface area contributed by atoms with Crippen molar-refractivity contribution in [1.82, 2.24) is 5.32 Å². The lowest BCUT2D eigenvalue weighted by Gasteiger charge is -2.09. The SMILES string of the molecule is O=C(COc1cccc(C(=O)NCCO)c1)Nc1ccc(Br)cc1. The minimum Gasteiger partial charge on any atom is -0.484 e. The molecule has 0 atom stereocenters. The molecule has 6 nitrogen and oxygen atoms in total. The predicted octanol–water partition coefficient (Wildman–Crippen LogP) is 2.19. The van der Waals surface area contributed by atoms with Crippen molar-refractivity contribution in [2.24, 2.45) is 0 Å². The fourth-order valence-electron chi connectivity index (χ4n) is 1.88. The summed E-state index contributed by atoms with van der Waals surface area (Å²) in [5.41, 5.74) is 1.07. The highest BCUT2D eigenvalue weighted by molar-refractivity contribution is 9.10. The average Bonchev–Trinajstić information content (AvgIpc) is 2.60. The summed E-state index contributed by atoms with van der Waals surface area (Å²) in [4.78, 5) is 23.7. The number of anilines is 1. The minimum atomic E-state index is -0.311. The molecule has 0 aromatic heterocycles. The number of aliphatic hydroxyl groups excluding tert-OH is 1. The number of carbonyl (C=O) groups is 2. The molecule has 2 rings (SSSR count). The van der Waals surface area contributed by atoms with Gasteiger partial charge in [0, 0.05) is 22.3 Å². The molecule has 0 fully saturated rings. The Morgan fingerprint density at radius 2 is 1.88 bits per heavy atom. The van der Waals surface area contributed by atoms with E-state index in [2.05, 4.69) is 26.6 Å². The van der Waals surface area contributed by atoms with Crippen LogP contribution in [-0.2, 0) is 4.79 Å². The molecular weight excluding hydrogens is 376 g/mol. The molecule has 0 bridgehead atoms. The second-order valence-corrected chi connectivity index (χ2v) is 5.77. The van der Waals surface area contributed by atoms with Gasteiger partial charge in [0.2, 0.25) is 0 Å². The number of benzene rings is 2. The van der Waals surface area contributed by atoms with E-state index in [1.54, 1.807) is 36.4 Å². The normalized spacial score (nSPS) is 10.1. The van der Waals surface area contributed by atoms with Crippen molar-refractivity contribution in [2.75, 3.05) is 25.1 Å².